The molecule has 2 rings (SSSR count). The number of nitrogens with zero attached hydrogens (tertiary/aromatic N) is 1. The Labute approximate surface area is 107 Å². The number of benzene rings is 1. The van der Waals surface area contributed by atoms with Crippen molar-refractivity contribution in [2.45, 2.75) is 13.3 Å². The van der Waals surface area contributed by atoms with Gasteiger partial charge in [-0.2, -0.15) is 0 Å². The first kappa shape index (κ1) is 12.9. The third-order valence-electron chi connectivity index (χ3n) is 3.25. The van der Waals surface area contributed by atoms with Gasteiger partial charge in [0.1, 0.15) is 11.6 Å². The Morgan fingerprint density at radius 3 is 2.72 bits per heavy atom. The van der Waals surface area contributed by atoms with Gasteiger partial charge in [-0.3, -0.25) is 0 Å². The number of hydrogen-bond acceptors (Lipinski definition) is 2. The molecule has 1 aromatic carbocycles. The molecule has 0 aliphatic carbocycles. The van der Waals surface area contributed by atoms with E-state index in [0.29, 0.717) is 11.3 Å². The van der Waals surface area contributed by atoms with Crippen LogP contribution in [0, 0.1) is 12.7 Å². The molecule has 1 N–H and O–H groups in total. The number of aromatic nitrogens is 1. The fourth-order valence-electron chi connectivity index (χ4n) is 2.16. The smallest absolute Gasteiger partial charge is 0.131 e. The molecule has 0 saturated heterocycles. The highest BCUT2D eigenvalue weighted by Crippen LogP contribution is 2.33. The van der Waals surface area contributed by atoms with Gasteiger partial charge in [0.2, 0.25) is 0 Å². The minimum absolute atomic E-state index is 0.236. The zero-order valence-corrected chi connectivity index (χ0v) is 11.3. The SMILES string of the molecule is COc1cc(F)c(C)c2[nH]cc(CCN(C)C)c12. The molecule has 0 aliphatic rings. The van der Waals surface area contributed by atoms with Gasteiger partial charge in [-0.15, -0.1) is 0 Å². The standard InChI is InChI=1S/C14H19FN2O/c1-9-11(15)7-12(18-4)13-10(5-6-17(2)3)8-16-14(9)13/h7-8,16H,5-6H2,1-4H3. The monoisotopic (exact) mass is 250 g/mol. The van der Waals surface area contributed by atoms with Crippen LogP contribution in [0.4, 0.5) is 4.39 Å². The fourth-order valence-corrected chi connectivity index (χ4v) is 2.16. The maximum absolute atomic E-state index is 13.7. The van der Waals surface area contributed by atoms with Gasteiger partial charge in [-0.1, -0.05) is 0 Å². The first-order chi connectivity index (χ1) is 8.54. The van der Waals surface area contributed by atoms with E-state index < -0.39 is 0 Å². The molecule has 0 unspecified atom stereocenters. The van der Waals surface area contributed by atoms with E-state index >= 15 is 0 Å². The Morgan fingerprint density at radius 1 is 1.39 bits per heavy atom. The number of H-pyrrole nitrogens is 1. The number of rotatable bonds is 4. The first-order valence-electron chi connectivity index (χ1n) is 6.02. The molecule has 98 valence electrons. The average Bonchev–Trinajstić information content (AvgIpc) is 2.75. The second-order valence-corrected chi connectivity index (χ2v) is 4.80. The number of ether oxygens (including phenoxy) is 1. The highest BCUT2D eigenvalue weighted by molar-refractivity contribution is 5.91. The Hall–Kier alpha value is -1.55. The van der Waals surface area contributed by atoms with Crippen LogP contribution in [-0.4, -0.2) is 37.6 Å². The van der Waals surface area contributed by atoms with Crippen LogP contribution < -0.4 is 4.74 Å². The number of fused-ring (bicyclic) bond motifs is 1. The van der Waals surface area contributed by atoms with Crippen molar-refractivity contribution in [1.82, 2.24) is 9.88 Å². The predicted octanol–water partition coefficient (Wildman–Crippen LogP) is 2.73. The Balaban J connectivity index is 2.53. The minimum atomic E-state index is -0.236. The van der Waals surface area contributed by atoms with Crippen LogP contribution in [0.3, 0.4) is 0 Å². The molecule has 0 fully saturated rings. The summed E-state index contributed by atoms with van der Waals surface area (Å²) in [5.41, 5.74) is 2.64. The van der Waals surface area contributed by atoms with Crippen molar-refractivity contribution in [2.75, 3.05) is 27.7 Å². The van der Waals surface area contributed by atoms with Crippen LogP contribution in [0.15, 0.2) is 12.3 Å². The molecule has 0 spiro atoms. The molecular weight excluding hydrogens is 231 g/mol. The largest absolute Gasteiger partial charge is 0.496 e. The minimum Gasteiger partial charge on any atom is -0.496 e. The van der Waals surface area contributed by atoms with Gasteiger partial charge in [-0.05, 0) is 33.0 Å². The van der Waals surface area contributed by atoms with Crippen molar-refractivity contribution in [2.24, 2.45) is 0 Å². The van der Waals surface area contributed by atoms with Crippen LogP contribution in [-0.2, 0) is 6.42 Å². The summed E-state index contributed by atoms with van der Waals surface area (Å²) in [5.74, 6) is 0.364. The molecule has 0 bridgehead atoms. The van der Waals surface area contributed by atoms with E-state index in [0.717, 1.165) is 23.9 Å². The summed E-state index contributed by atoms with van der Waals surface area (Å²) >= 11 is 0. The van der Waals surface area contributed by atoms with Gasteiger partial charge in [0.25, 0.3) is 0 Å². The number of aryl methyl sites for hydroxylation is 1. The van der Waals surface area contributed by atoms with Gasteiger partial charge in [0.15, 0.2) is 0 Å². The maximum Gasteiger partial charge on any atom is 0.131 e. The normalized spacial score (nSPS) is 11.4. The van der Waals surface area contributed by atoms with Crippen molar-refractivity contribution in [1.29, 1.82) is 0 Å². The van der Waals surface area contributed by atoms with E-state index in [1.54, 1.807) is 14.0 Å². The molecule has 0 radical (unpaired) electrons. The van der Waals surface area contributed by atoms with Crippen LogP contribution in [0.25, 0.3) is 10.9 Å². The summed E-state index contributed by atoms with van der Waals surface area (Å²) in [4.78, 5) is 5.28. The molecular formula is C14H19FN2O. The second kappa shape index (κ2) is 4.98. The van der Waals surface area contributed by atoms with Crippen LogP contribution in [0.1, 0.15) is 11.1 Å². The summed E-state index contributed by atoms with van der Waals surface area (Å²) in [7, 11) is 5.65. The van der Waals surface area contributed by atoms with Gasteiger partial charge in [0, 0.05) is 29.8 Å². The zero-order valence-electron chi connectivity index (χ0n) is 11.3. The fraction of sp³-hybridized carbons (Fsp3) is 0.429. The molecule has 18 heavy (non-hydrogen) atoms. The molecule has 0 aliphatic heterocycles. The summed E-state index contributed by atoms with van der Waals surface area (Å²) < 4.78 is 19.0. The number of aromatic amines is 1. The maximum atomic E-state index is 13.7. The van der Waals surface area contributed by atoms with Crippen LogP contribution in [0.2, 0.25) is 0 Å². The molecule has 4 heteroatoms. The summed E-state index contributed by atoms with van der Waals surface area (Å²) in [6.07, 6.45) is 2.86. The lowest BCUT2D eigenvalue weighted by atomic mass is 10.1. The van der Waals surface area contributed by atoms with Crippen LogP contribution >= 0.6 is 0 Å². The lowest BCUT2D eigenvalue weighted by molar-refractivity contribution is 0.410. The van der Waals surface area contributed by atoms with Crippen molar-refractivity contribution in [3.8, 4) is 5.75 Å². The van der Waals surface area contributed by atoms with Crippen molar-refractivity contribution >= 4 is 10.9 Å². The third kappa shape index (κ3) is 2.20. The Kier molecular flexibility index (Phi) is 3.57. The molecule has 0 saturated carbocycles. The van der Waals surface area contributed by atoms with Gasteiger partial charge < -0.3 is 14.6 Å². The highest BCUT2D eigenvalue weighted by Gasteiger charge is 2.14. The average molecular weight is 250 g/mol. The molecule has 2 aromatic rings. The number of nitrogens with one attached hydrogen (secondary N) is 1. The van der Waals surface area contributed by atoms with Crippen molar-refractivity contribution < 1.29 is 9.13 Å². The lowest BCUT2D eigenvalue weighted by Gasteiger charge is -2.10. The lowest BCUT2D eigenvalue weighted by Crippen LogP contribution is -2.14. The van der Waals surface area contributed by atoms with Crippen LogP contribution in [0.5, 0.6) is 5.75 Å². The van der Waals surface area contributed by atoms with E-state index in [4.69, 9.17) is 4.74 Å². The van der Waals surface area contributed by atoms with E-state index in [1.165, 1.54) is 11.6 Å². The predicted molar refractivity (Wildman–Crippen MR) is 71.8 cm³/mol. The summed E-state index contributed by atoms with van der Waals surface area (Å²) in [6, 6.07) is 1.46. The van der Waals surface area contributed by atoms with Gasteiger partial charge >= 0.3 is 0 Å². The Bertz CT molecular complexity index is 560. The third-order valence-corrected chi connectivity index (χ3v) is 3.25. The summed E-state index contributed by atoms with van der Waals surface area (Å²) in [6.45, 7) is 2.73. The highest BCUT2D eigenvalue weighted by atomic mass is 19.1. The molecule has 1 heterocycles. The van der Waals surface area contributed by atoms with E-state index in [1.807, 2.05) is 20.3 Å². The topological polar surface area (TPSA) is 28.3 Å². The number of methoxy groups -OCH3 is 1. The van der Waals surface area contributed by atoms with Crippen molar-refractivity contribution in [3.63, 3.8) is 0 Å². The molecule has 0 amide bonds. The second-order valence-electron chi connectivity index (χ2n) is 4.80. The molecule has 1 aromatic heterocycles. The number of halogens is 1. The van der Waals surface area contributed by atoms with Gasteiger partial charge in [-0.25, -0.2) is 4.39 Å². The van der Waals surface area contributed by atoms with E-state index in [9.17, 15) is 4.39 Å². The molecule has 3 nitrogen and oxygen atoms in total. The summed E-state index contributed by atoms with van der Waals surface area (Å²) in [5, 5.41) is 0.998. The quantitative estimate of drug-likeness (QED) is 0.903. The van der Waals surface area contributed by atoms with Crippen molar-refractivity contribution in [3.05, 3.63) is 29.2 Å². The van der Waals surface area contributed by atoms with E-state index in [2.05, 4.69) is 9.88 Å². The first-order valence-corrected chi connectivity index (χ1v) is 6.02. The number of hydrogen-bond donors (Lipinski definition) is 1. The van der Waals surface area contributed by atoms with Gasteiger partial charge in [0.05, 0.1) is 12.6 Å². The van der Waals surface area contributed by atoms with E-state index in [-0.39, 0.29) is 5.82 Å². The molecule has 0 atom stereocenters. The number of likely N-dealkylation sites (N-methyl/N-ethyl adjacent to an activating group) is 1. The Morgan fingerprint density at radius 2 is 2.11 bits per heavy atom. The zero-order chi connectivity index (χ0) is 13.3.